The molecular formula is C30H25F3N6O3. The Labute approximate surface area is 238 Å². The highest BCUT2D eigenvalue weighted by Crippen LogP contribution is 2.44. The Morgan fingerprint density at radius 3 is 2.55 bits per heavy atom. The molecule has 12 heteroatoms. The number of anilines is 2. The van der Waals surface area contributed by atoms with Crippen molar-refractivity contribution in [1.82, 2.24) is 19.9 Å². The molecule has 214 valence electrons. The van der Waals surface area contributed by atoms with Gasteiger partial charge in [0.05, 0.1) is 23.3 Å². The van der Waals surface area contributed by atoms with E-state index < -0.39 is 17.6 Å². The van der Waals surface area contributed by atoms with Crippen molar-refractivity contribution in [3.05, 3.63) is 90.0 Å². The maximum Gasteiger partial charge on any atom is 0.416 e. The van der Waals surface area contributed by atoms with E-state index in [1.165, 1.54) is 6.07 Å². The van der Waals surface area contributed by atoms with Gasteiger partial charge in [-0.25, -0.2) is 15.0 Å². The predicted octanol–water partition coefficient (Wildman–Crippen LogP) is 5.83. The van der Waals surface area contributed by atoms with Crippen molar-refractivity contribution in [2.24, 2.45) is 0 Å². The van der Waals surface area contributed by atoms with Gasteiger partial charge in [-0.3, -0.25) is 9.78 Å². The Balaban J connectivity index is 1.60. The highest BCUT2D eigenvalue weighted by molar-refractivity contribution is 6.06. The number of carbonyl (C=O) groups excluding carboxylic acids is 1. The molecule has 0 aliphatic rings. The molecule has 0 saturated carbocycles. The van der Waals surface area contributed by atoms with Crippen LogP contribution in [0.3, 0.4) is 0 Å². The van der Waals surface area contributed by atoms with Gasteiger partial charge in [0.1, 0.15) is 11.6 Å². The van der Waals surface area contributed by atoms with Gasteiger partial charge in [0.2, 0.25) is 5.95 Å². The van der Waals surface area contributed by atoms with Gasteiger partial charge in [0.15, 0.2) is 0 Å². The third-order valence-corrected chi connectivity index (χ3v) is 6.56. The molecule has 0 bridgehead atoms. The van der Waals surface area contributed by atoms with E-state index >= 15 is 0 Å². The molecule has 0 saturated heterocycles. The van der Waals surface area contributed by atoms with E-state index in [0.29, 0.717) is 33.2 Å². The maximum absolute atomic E-state index is 13.1. The number of carbonyl (C=O) groups is 1. The largest absolute Gasteiger partial charge is 0.507 e. The van der Waals surface area contributed by atoms with E-state index in [1.54, 1.807) is 62.8 Å². The van der Waals surface area contributed by atoms with E-state index in [9.17, 15) is 28.2 Å². The number of alkyl halides is 3. The standard InChI is InChI=1S/C30H25F3N6O3/c1-16-5-6-18(28(42)38-24-12-21(7-9-35-24)30(31,32)33)10-22(16)23-11-20-14-36-29(37-17(2)15-40)39-26(20)25(27(23)41)19-4-3-8-34-13-19/h3-14,17,40-41H,15H2,1-2H3,(H,35,38,42)(H,36,37,39). The molecule has 3 aromatic heterocycles. The molecule has 1 unspecified atom stereocenters. The van der Waals surface area contributed by atoms with E-state index in [4.69, 9.17) is 0 Å². The molecule has 2 aromatic carbocycles. The SMILES string of the molecule is Cc1ccc(C(=O)Nc2cc(C(F)(F)F)ccn2)cc1-c1cc2cnc(NC(C)CO)nc2c(-c2cccnc2)c1O. The van der Waals surface area contributed by atoms with Gasteiger partial charge in [0.25, 0.3) is 5.91 Å². The first kappa shape index (κ1) is 28.4. The van der Waals surface area contributed by atoms with Gasteiger partial charge in [-0.15, -0.1) is 0 Å². The Kier molecular flexibility index (Phi) is 7.72. The number of aryl methyl sites for hydroxylation is 1. The summed E-state index contributed by atoms with van der Waals surface area (Å²) in [7, 11) is 0. The summed E-state index contributed by atoms with van der Waals surface area (Å²) in [6.45, 7) is 3.44. The number of halogens is 3. The molecule has 0 aliphatic carbocycles. The second-order valence-electron chi connectivity index (χ2n) is 9.66. The summed E-state index contributed by atoms with van der Waals surface area (Å²) in [4.78, 5) is 30.0. The van der Waals surface area contributed by atoms with Crippen molar-refractivity contribution in [3.8, 4) is 28.0 Å². The number of aliphatic hydroxyl groups excluding tert-OH is 1. The van der Waals surface area contributed by atoms with Gasteiger partial charge < -0.3 is 20.8 Å². The number of nitrogens with one attached hydrogen (secondary N) is 2. The number of hydrogen-bond donors (Lipinski definition) is 4. The van der Waals surface area contributed by atoms with Crippen molar-refractivity contribution in [2.75, 3.05) is 17.2 Å². The topological polar surface area (TPSA) is 133 Å². The first-order chi connectivity index (χ1) is 20.0. The van der Waals surface area contributed by atoms with Gasteiger partial charge in [0, 0.05) is 52.9 Å². The van der Waals surface area contributed by atoms with E-state index in [0.717, 1.165) is 23.9 Å². The van der Waals surface area contributed by atoms with Crippen molar-refractivity contribution in [1.29, 1.82) is 0 Å². The fourth-order valence-corrected chi connectivity index (χ4v) is 4.41. The number of aromatic hydroxyl groups is 1. The van der Waals surface area contributed by atoms with E-state index in [1.807, 2.05) is 0 Å². The fraction of sp³-hybridized carbons (Fsp3) is 0.167. The zero-order valence-electron chi connectivity index (χ0n) is 22.4. The molecule has 0 aliphatic heterocycles. The smallest absolute Gasteiger partial charge is 0.416 e. The number of fused-ring (bicyclic) bond motifs is 1. The van der Waals surface area contributed by atoms with Crippen LogP contribution in [0.25, 0.3) is 33.2 Å². The van der Waals surface area contributed by atoms with Crippen molar-refractivity contribution >= 4 is 28.6 Å². The first-order valence-corrected chi connectivity index (χ1v) is 12.8. The summed E-state index contributed by atoms with van der Waals surface area (Å²) in [5.74, 6) is -0.774. The lowest BCUT2D eigenvalue weighted by molar-refractivity contribution is -0.137. The van der Waals surface area contributed by atoms with Gasteiger partial charge >= 0.3 is 6.18 Å². The summed E-state index contributed by atoms with van der Waals surface area (Å²) in [6.07, 6.45) is 1.16. The van der Waals surface area contributed by atoms with Crippen LogP contribution in [-0.4, -0.2) is 48.7 Å². The minimum atomic E-state index is -4.59. The van der Waals surface area contributed by atoms with E-state index in [-0.39, 0.29) is 35.7 Å². The molecule has 0 fully saturated rings. The van der Waals surface area contributed by atoms with E-state index in [2.05, 4.69) is 30.6 Å². The molecular weight excluding hydrogens is 549 g/mol. The number of rotatable bonds is 7. The lowest BCUT2D eigenvalue weighted by Crippen LogP contribution is -2.20. The Morgan fingerprint density at radius 1 is 1.02 bits per heavy atom. The number of hydrogen-bond acceptors (Lipinski definition) is 8. The molecule has 5 aromatic rings. The quantitative estimate of drug-likeness (QED) is 0.191. The summed E-state index contributed by atoms with van der Waals surface area (Å²) in [6, 6.07) is 11.2. The molecule has 0 spiro atoms. The third-order valence-electron chi connectivity index (χ3n) is 6.56. The molecule has 4 N–H and O–H groups in total. The number of phenolic OH excluding ortho intramolecular Hbond substituents is 1. The summed E-state index contributed by atoms with van der Waals surface area (Å²) >= 11 is 0. The number of phenols is 1. The Hall–Kier alpha value is -5.10. The zero-order chi connectivity index (χ0) is 30.0. The van der Waals surface area contributed by atoms with Crippen LogP contribution in [0.5, 0.6) is 5.75 Å². The average Bonchev–Trinajstić information content (AvgIpc) is 2.97. The maximum atomic E-state index is 13.1. The van der Waals surface area contributed by atoms with Crippen LogP contribution in [0.15, 0.2) is 73.3 Å². The van der Waals surface area contributed by atoms with Gasteiger partial charge in [-0.2, -0.15) is 13.2 Å². The fourth-order valence-electron chi connectivity index (χ4n) is 4.41. The molecule has 3 heterocycles. The molecule has 9 nitrogen and oxygen atoms in total. The van der Waals surface area contributed by atoms with Crippen LogP contribution in [0, 0.1) is 6.92 Å². The van der Waals surface area contributed by atoms with Crippen LogP contribution >= 0.6 is 0 Å². The normalized spacial score (nSPS) is 12.2. The molecule has 1 atom stereocenters. The number of nitrogens with zero attached hydrogens (tertiary/aromatic N) is 4. The minimum absolute atomic E-state index is 0.115. The number of aliphatic hydroxyl groups is 1. The average molecular weight is 575 g/mol. The van der Waals surface area contributed by atoms with Gasteiger partial charge in [-0.1, -0.05) is 12.1 Å². The summed E-state index contributed by atoms with van der Waals surface area (Å²) in [5, 5.41) is 27.1. The van der Waals surface area contributed by atoms with Crippen molar-refractivity contribution in [3.63, 3.8) is 0 Å². The Bertz CT molecular complexity index is 1780. The lowest BCUT2D eigenvalue weighted by Gasteiger charge is -2.17. The number of benzene rings is 2. The Morgan fingerprint density at radius 2 is 1.83 bits per heavy atom. The first-order valence-electron chi connectivity index (χ1n) is 12.8. The van der Waals surface area contributed by atoms with Crippen molar-refractivity contribution in [2.45, 2.75) is 26.1 Å². The predicted molar refractivity (Wildman–Crippen MR) is 152 cm³/mol. The second-order valence-corrected chi connectivity index (χ2v) is 9.66. The summed E-state index contributed by atoms with van der Waals surface area (Å²) in [5.41, 5.74) is 2.25. The lowest BCUT2D eigenvalue weighted by atomic mass is 9.92. The van der Waals surface area contributed by atoms with Crippen LogP contribution < -0.4 is 10.6 Å². The zero-order valence-corrected chi connectivity index (χ0v) is 22.4. The van der Waals surface area contributed by atoms with Gasteiger partial charge in [-0.05, 0) is 61.4 Å². The highest BCUT2D eigenvalue weighted by Gasteiger charge is 2.31. The van der Waals surface area contributed by atoms with Crippen molar-refractivity contribution < 1.29 is 28.2 Å². The molecule has 42 heavy (non-hydrogen) atoms. The number of pyridine rings is 2. The number of aromatic nitrogens is 4. The van der Waals surface area contributed by atoms with Crippen LogP contribution in [0.4, 0.5) is 24.9 Å². The second kappa shape index (κ2) is 11.4. The molecule has 5 rings (SSSR count). The summed E-state index contributed by atoms with van der Waals surface area (Å²) < 4.78 is 39.4. The molecule has 0 radical (unpaired) electrons. The van der Waals surface area contributed by atoms with Crippen LogP contribution in [0.2, 0.25) is 0 Å². The monoisotopic (exact) mass is 574 g/mol. The van der Waals surface area contributed by atoms with Crippen LogP contribution in [-0.2, 0) is 6.18 Å². The van der Waals surface area contributed by atoms with Crippen LogP contribution in [0.1, 0.15) is 28.4 Å². The highest BCUT2D eigenvalue weighted by atomic mass is 19.4. The third kappa shape index (κ3) is 5.84. The number of amides is 1. The molecule has 1 amide bonds. The minimum Gasteiger partial charge on any atom is -0.507 e.